The number of aromatic nitrogens is 1. The van der Waals surface area contributed by atoms with Crippen LogP contribution >= 0.6 is 0 Å². The van der Waals surface area contributed by atoms with E-state index in [0.717, 1.165) is 0 Å². The summed E-state index contributed by atoms with van der Waals surface area (Å²) in [6.45, 7) is 0. The van der Waals surface area contributed by atoms with Crippen molar-refractivity contribution in [3.8, 4) is 17.1 Å². The summed E-state index contributed by atoms with van der Waals surface area (Å²) in [6.07, 6.45) is 0. The highest BCUT2D eigenvalue weighted by Crippen LogP contribution is 2.23. The van der Waals surface area contributed by atoms with Gasteiger partial charge < -0.3 is 14.7 Å². The summed E-state index contributed by atoms with van der Waals surface area (Å²) in [5, 5.41) is 21.2. The molecule has 1 aromatic heterocycles. The molecular weight excluding hydrogens is 198 g/mol. The molecule has 2 aromatic rings. The summed E-state index contributed by atoms with van der Waals surface area (Å²) < 4.78 is 4.83. The maximum atomic E-state index is 10.5. The van der Waals surface area contributed by atoms with Gasteiger partial charge in [-0.1, -0.05) is 17.3 Å². The Kier molecular flexibility index (Phi) is 2.13. The molecule has 76 valence electrons. The lowest BCUT2D eigenvalue weighted by Gasteiger charge is -1.94. The predicted molar refractivity (Wildman–Crippen MR) is 50.6 cm³/mol. The lowest BCUT2D eigenvalue weighted by Crippen LogP contribution is -1.94. The van der Waals surface area contributed by atoms with Gasteiger partial charge in [0, 0.05) is 11.6 Å². The molecule has 5 heteroatoms. The van der Waals surface area contributed by atoms with Crippen molar-refractivity contribution in [1.29, 1.82) is 0 Å². The van der Waals surface area contributed by atoms with E-state index in [1.54, 1.807) is 12.1 Å². The minimum atomic E-state index is -1.15. The molecular formula is C10H7NO4. The minimum Gasteiger partial charge on any atom is -0.508 e. The first kappa shape index (κ1) is 9.26. The molecule has 15 heavy (non-hydrogen) atoms. The Labute approximate surface area is 84.6 Å². The quantitative estimate of drug-likeness (QED) is 0.780. The number of aromatic carboxylic acids is 1. The van der Waals surface area contributed by atoms with Crippen LogP contribution in [0.25, 0.3) is 11.3 Å². The second-order valence-electron chi connectivity index (χ2n) is 2.93. The number of carboxylic acids is 1. The SMILES string of the molecule is O=C(O)c1cc(-c2cccc(O)c2)on1. The fourth-order valence-corrected chi connectivity index (χ4v) is 1.17. The highest BCUT2D eigenvalue weighted by Gasteiger charge is 2.11. The lowest BCUT2D eigenvalue weighted by atomic mass is 10.1. The highest BCUT2D eigenvalue weighted by atomic mass is 16.5. The Morgan fingerprint density at radius 2 is 2.13 bits per heavy atom. The number of carbonyl (C=O) groups is 1. The summed E-state index contributed by atoms with van der Waals surface area (Å²) in [4.78, 5) is 10.5. The van der Waals surface area contributed by atoms with Gasteiger partial charge in [0.2, 0.25) is 0 Å². The van der Waals surface area contributed by atoms with Crippen LogP contribution in [0.3, 0.4) is 0 Å². The fraction of sp³-hybridized carbons (Fsp3) is 0. The van der Waals surface area contributed by atoms with E-state index in [1.165, 1.54) is 18.2 Å². The highest BCUT2D eigenvalue weighted by molar-refractivity contribution is 5.86. The molecule has 0 atom stereocenters. The average Bonchev–Trinajstić information content (AvgIpc) is 2.66. The van der Waals surface area contributed by atoms with E-state index < -0.39 is 5.97 Å². The Morgan fingerprint density at radius 1 is 1.33 bits per heavy atom. The van der Waals surface area contributed by atoms with E-state index in [4.69, 9.17) is 9.63 Å². The van der Waals surface area contributed by atoms with Crippen LogP contribution in [0, 0.1) is 0 Å². The number of benzene rings is 1. The topological polar surface area (TPSA) is 83.6 Å². The van der Waals surface area contributed by atoms with Crippen LogP contribution < -0.4 is 0 Å². The molecule has 0 saturated carbocycles. The first-order valence-corrected chi connectivity index (χ1v) is 4.16. The zero-order chi connectivity index (χ0) is 10.8. The summed E-state index contributed by atoms with van der Waals surface area (Å²) in [5.41, 5.74) is 0.420. The zero-order valence-electron chi connectivity index (χ0n) is 7.54. The number of carboxylic acid groups (broad SMARTS) is 1. The third kappa shape index (κ3) is 1.80. The second kappa shape index (κ2) is 3.45. The van der Waals surface area contributed by atoms with Crippen LogP contribution in [0.2, 0.25) is 0 Å². The van der Waals surface area contributed by atoms with E-state index in [0.29, 0.717) is 11.3 Å². The third-order valence-electron chi connectivity index (χ3n) is 1.86. The predicted octanol–water partition coefficient (Wildman–Crippen LogP) is 1.75. The maximum Gasteiger partial charge on any atom is 0.358 e. The average molecular weight is 205 g/mol. The number of aromatic hydroxyl groups is 1. The van der Waals surface area contributed by atoms with Crippen molar-refractivity contribution in [2.75, 3.05) is 0 Å². The van der Waals surface area contributed by atoms with Gasteiger partial charge in [-0.05, 0) is 12.1 Å². The lowest BCUT2D eigenvalue weighted by molar-refractivity contribution is 0.0686. The van der Waals surface area contributed by atoms with Crippen molar-refractivity contribution in [2.45, 2.75) is 0 Å². The number of hydrogen-bond acceptors (Lipinski definition) is 4. The monoisotopic (exact) mass is 205 g/mol. The van der Waals surface area contributed by atoms with Crippen molar-refractivity contribution >= 4 is 5.97 Å². The van der Waals surface area contributed by atoms with Gasteiger partial charge in [-0.15, -0.1) is 0 Å². The summed E-state index contributed by atoms with van der Waals surface area (Å²) in [5.74, 6) is -0.755. The normalized spacial score (nSPS) is 10.1. The number of rotatable bonds is 2. The molecule has 0 aliphatic rings. The molecule has 5 nitrogen and oxygen atoms in total. The van der Waals surface area contributed by atoms with Crippen LogP contribution in [0.15, 0.2) is 34.9 Å². The van der Waals surface area contributed by atoms with Crippen LogP contribution in [-0.2, 0) is 0 Å². The molecule has 0 saturated heterocycles. The third-order valence-corrected chi connectivity index (χ3v) is 1.86. The van der Waals surface area contributed by atoms with Gasteiger partial charge in [0.05, 0.1) is 0 Å². The van der Waals surface area contributed by atoms with Gasteiger partial charge in [0.1, 0.15) is 5.75 Å². The van der Waals surface area contributed by atoms with E-state index in [-0.39, 0.29) is 11.4 Å². The van der Waals surface area contributed by atoms with Crippen LogP contribution in [0.1, 0.15) is 10.5 Å². The molecule has 1 aromatic carbocycles. The molecule has 0 bridgehead atoms. The first-order chi connectivity index (χ1) is 7.16. The fourth-order valence-electron chi connectivity index (χ4n) is 1.17. The summed E-state index contributed by atoms with van der Waals surface area (Å²) >= 11 is 0. The van der Waals surface area contributed by atoms with Gasteiger partial charge in [-0.3, -0.25) is 0 Å². The molecule has 1 heterocycles. The van der Waals surface area contributed by atoms with Crippen LogP contribution in [0.5, 0.6) is 5.75 Å². The summed E-state index contributed by atoms with van der Waals surface area (Å²) in [7, 11) is 0. The molecule has 0 spiro atoms. The van der Waals surface area contributed by atoms with E-state index in [1.807, 2.05) is 0 Å². The van der Waals surface area contributed by atoms with E-state index >= 15 is 0 Å². The van der Waals surface area contributed by atoms with Crippen molar-refractivity contribution in [3.05, 3.63) is 36.0 Å². The second-order valence-corrected chi connectivity index (χ2v) is 2.93. The van der Waals surface area contributed by atoms with Gasteiger partial charge in [0.15, 0.2) is 11.5 Å². The van der Waals surface area contributed by atoms with Crippen molar-refractivity contribution < 1.29 is 19.5 Å². The number of hydrogen-bond donors (Lipinski definition) is 2. The van der Waals surface area contributed by atoms with Gasteiger partial charge in [-0.25, -0.2) is 4.79 Å². The van der Waals surface area contributed by atoms with Crippen LogP contribution in [0.4, 0.5) is 0 Å². The van der Waals surface area contributed by atoms with Gasteiger partial charge in [0.25, 0.3) is 0 Å². The number of nitrogens with zero attached hydrogens (tertiary/aromatic N) is 1. The Hall–Kier alpha value is -2.30. The minimum absolute atomic E-state index is 0.0841. The molecule has 0 amide bonds. The number of phenolic OH excluding ortho intramolecular Hbond substituents is 1. The Morgan fingerprint density at radius 3 is 2.73 bits per heavy atom. The first-order valence-electron chi connectivity index (χ1n) is 4.16. The van der Waals surface area contributed by atoms with Gasteiger partial charge >= 0.3 is 5.97 Å². The standard InChI is InChI=1S/C10H7NO4/c12-7-3-1-2-6(4-7)9-5-8(10(13)14)11-15-9/h1-5,12H,(H,13,14). The molecule has 2 N–H and O–H groups in total. The number of phenols is 1. The Balaban J connectivity index is 2.41. The van der Waals surface area contributed by atoms with Crippen molar-refractivity contribution in [1.82, 2.24) is 5.16 Å². The zero-order valence-corrected chi connectivity index (χ0v) is 7.54. The van der Waals surface area contributed by atoms with E-state index in [2.05, 4.69) is 5.16 Å². The maximum absolute atomic E-state index is 10.5. The van der Waals surface area contributed by atoms with Crippen molar-refractivity contribution in [2.24, 2.45) is 0 Å². The molecule has 0 unspecified atom stereocenters. The van der Waals surface area contributed by atoms with Gasteiger partial charge in [-0.2, -0.15) is 0 Å². The molecule has 0 aliphatic heterocycles. The molecule has 0 radical (unpaired) electrons. The van der Waals surface area contributed by atoms with Crippen LogP contribution in [-0.4, -0.2) is 21.3 Å². The smallest absolute Gasteiger partial charge is 0.358 e. The summed E-state index contributed by atoms with van der Waals surface area (Å²) in [6, 6.07) is 7.60. The largest absolute Gasteiger partial charge is 0.508 e. The Bertz CT molecular complexity index is 504. The molecule has 0 fully saturated rings. The molecule has 0 aliphatic carbocycles. The van der Waals surface area contributed by atoms with Crippen molar-refractivity contribution in [3.63, 3.8) is 0 Å². The molecule has 2 rings (SSSR count). The van der Waals surface area contributed by atoms with E-state index in [9.17, 15) is 9.90 Å².